The highest BCUT2D eigenvalue weighted by Crippen LogP contribution is 2.24. The van der Waals surface area contributed by atoms with Crippen LogP contribution >= 0.6 is 11.6 Å². The molecule has 0 saturated heterocycles. The van der Waals surface area contributed by atoms with E-state index < -0.39 is 0 Å². The minimum atomic E-state index is -0.260. The van der Waals surface area contributed by atoms with E-state index >= 15 is 0 Å². The third-order valence-electron chi connectivity index (χ3n) is 3.73. The molecule has 6 heteroatoms. The molecular formula is C19H18ClN3O2. The number of ether oxygens (including phenoxy) is 1. The van der Waals surface area contributed by atoms with Crippen molar-refractivity contribution >= 4 is 23.3 Å². The van der Waals surface area contributed by atoms with Gasteiger partial charge in [0.25, 0.3) is 5.91 Å². The largest absolute Gasteiger partial charge is 0.496 e. The Morgan fingerprint density at radius 3 is 2.68 bits per heavy atom. The Labute approximate surface area is 151 Å². The zero-order valence-electron chi connectivity index (χ0n) is 14.2. The summed E-state index contributed by atoms with van der Waals surface area (Å²) in [5.74, 6) is 0.825. The Bertz CT molecular complexity index is 934. The SMILES string of the molecule is COc1ccc(C)cc1C(=O)Nc1cc(C)nn1-c1cccc(Cl)c1. The molecule has 5 nitrogen and oxygen atoms in total. The molecular weight excluding hydrogens is 338 g/mol. The van der Waals surface area contributed by atoms with Gasteiger partial charge < -0.3 is 10.1 Å². The Kier molecular flexibility index (Phi) is 4.76. The van der Waals surface area contributed by atoms with Crippen LogP contribution < -0.4 is 10.1 Å². The Hall–Kier alpha value is -2.79. The average Bonchev–Trinajstić information content (AvgIpc) is 2.95. The van der Waals surface area contributed by atoms with E-state index in [4.69, 9.17) is 16.3 Å². The molecule has 0 fully saturated rings. The number of carbonyl (C=O) groups excluding carboxylic acids is 1. The van der Waals surface area contributed by atoms with Crippen LogP contribution in [-0.2, 0) is 0 Å². The summed E-state index contributed by atoms with van der Waals surface area (Å²) >= 11 is 6.07. The van der Waals surface area contributed by atoms with Crippen LogP contribution in [0.2, 0.25) is 5.02 Å². The van der Waals surface area contributed by atoms with Crippen molar-refractivity contribution in [1.29, 1.82) is 0 Å². The summed E-state index contributed by atoms with van der Waals surface area (Å²) in [4.78, 5) is 12.7. The van der Waals surface area contributed by atoms with E-state index in [9.17, 15) is 4.79 Å². The number of rotatable bonds is 4. The summed E-state index contributed by atoms with van der Waals surface area (Å²) in [6.45, 7) is 3.79. The predicted molar refractivity (Wildman–Crippen MR) is 99.0 cm³/mol. The third-order valence-corrected chi connectivity index (χ3v) is 3.96. The Morgan fingerprint density at radius 2 is 1.96 bits per heavy atom. The van der Waals surface area contributed by atoms with Crippen LogP contribution in [0.3, 0.4) is 0 Å². The highest BCUT2D eigenvalue weighted by Gasteiger charge is 2.16. The lowest BCUT2D eigenvalue weighted by Crippen LogP contribution is -2.16. The maximum absolute atomic E-state index is 12.7. The first kappa shape index (κ1) is 17.0. The number of aromatic nitrogens is 2. The molecule has 0 aliphatic rings. The monoisotopic (exact) mass is 355 g/mol. The Morgan fingerprint density at radius 1 is 1.16 bits per heavy atom. The summed E-state index contributed by atoms with van der Waals surface area (Å²) in [5.41, 5.74) is 3.00. The van der Waals surface area contributed by atoms with E-state index in [0.29, 0.717) is 22.2 Å². The van der Waals surface area contributed by atoms with Crippen LogP contribution in [0.4, 0.5) is 5.82 Å². The molecule has 0 aliphatic heterocycles. The number of hydrogen-bond acceptors (Lipinski definition) is 3. The number of nitrogens with one attached hydrogen (secondary N) is 1. The van der Waals surface area contributed by atoms with Crippen molar-refractivity contribution in [3.63, 3.8) is 0 Å². The van der Waals surface area contributed by atoms with Crippen molar-refractivity contribution in [3.8, 4) is 11.4 Å². The molecule has 2 aromatic carbocycles. The third kappa shape index (κ3) is 3.67. The van der Waals surface area contributed by atoms with Crippen molar-refractivity contribution in [2.24, 2.45) is 0 Å². The zero-order chi connectivity index (χ0) is 18.0. The van der Waals surface area contributed by atoms with Gasteiger partial charge in [-0.15, -0.1) is 0 Å². The number of halogens is 1. The molecule has 1 heterocycles. The summed E-state index contributed by atoms with van der Waals surface area (Å²) in [6.07, 6.45) is 0. The lowest BCUT2D eigenvalue weighted by atomic mass is 10.1. The number of carbonyl (C=O) groups is 1. The van der Waals surface area contributed by atoms with Crippen molar-refractivity contribution in [2.75, 3.05) is 12.4 Å². The fourth-order valence-electron chi connectivity index (χ4n) is 2.58. The molecule has 1 aromatic heterocycles. The van der Waals surface area contributed by atoms with Crippen molar-refractivity contribution in [2.45, 2.75) is 13.8 Å². The number of amides is 1. The molecule has 128 valence electrons. The van der Waals surface area contributed by atoms with Gasteiger partial charge in [0, 0.05) is 11.1 Å². The minimum absolute atomic E-state index is 0.260. The van der Waals surface area contributed by atoms with Gasteiger partial charge in [0.05, 0.1) is 24.1 Å². The van der Waals surface area contributed by atoms with Crippen LogP contribution in [0.5, 0.6) is 5.75 Å². The maximum Gasteiger partial charge on any atom is 0.260 e. The molecule has 0 aliphatic carbocycles. The van der Waals surface area contributed by atoms with Crippen molar-refractivity contribution in [3.05, 3.63) is 70.4 Å². The van der Waals surface area contributed by atoms with Gasteiger partial charge >= 0.3 is 0 Å². The van der Waals surface area contributed by atoms with Gasteiger partial charge in [0.15, 0.2) is 0 Å². The van der Waals surface area contributed by atoms with Crippen LogP contribution in [0.15, 0.2) is 48.5 Å². The van der Waals surface area contributed by atoms with Gasteiger partial charge in [-0.1, -0.05) is 29.3 Å². The second kappa shape index (κ2) is 6.99. The first-order valence-corrected chi connectivity index (χ1v) is 8.14. The van der Waals surface area contributed by atoms with E-state index in [2.05, 4.69) is 10.4 Å². The second-order valence-corrected chi connectivity index (χ2v) is 6.16. The highest BCUT2D eigenvalue weighted by atomic mass is 35.5. The molecule has 0 spiro atoms. The fourth-order valence-corrected chi connectivity index (χ4v) is 2.76. The van der Waals surface area contributed by atoms with Gasteiger partial charge in [-0.3, -0.25) is 4.79 Å². The molecule has 3 aromatic rings. The molecule has 0 saturated carbocycles. The number of aryl methyl sites for hydroxylation is 2. The first-order chi connectivity index (χ1) is 12.0. The zero-order valence-corrected chi connectivity index (χ0v) is 15.0. The maximum atomic E-state index is 12.7. The minimum Gasteiger partial charge on any atom is -0.496 e. The van der Waals surface area contributed by atoms with Crippen molar-refractivity contribution < 1.29 is 9.53 Å². The van der Waals surface area contributed by atoms with Crippen LogP contribution in [-0.4, -0.2) is 22.8 Å². The topological polar surface area (TPSA) is 56.1 Å². The van der Waals surface area contributed by atoms with Crippen LogP contribution in [0, 0.1) is 13.8 Å². The van der Waals surface area contributed by atoms with E-state index in [1.54, 1.807) is 42.1 Å². The quantitative estimate of drug-likeness (QED) is 0.754. The lowest BCUT2D eigenvalue weighted by Gasteiger charge is -2.12. The van der Waals surface area contributed by atoms with Crippen molar-refractivity contribution in [1.82, 2.24) is 9.78 Å². The highest BCUT2D eigenvalue weighted by molar-refractivity contribution is 6.30. The van der Waals surface area contributed by atoms with E-state index in [-0.39, 0.29) is 5.91 Å². The summed E-state index contributed by atoms with van der Waals surface area (Å²) in [6, 6.07) is 14.6. The molecule has 0 radical (unpaired) electrons. The van der Waals surface area contributed by atoms with Gasteiger partial charge in [-0.25, -0.2) is 4.68 Å². The predicted octanol–water partition coefficient (Wildman–Crippen LogP) is 4.40. The smallest absolute Gasteiger partial charge is 0.260 e. The van der Waals surface area contributed by atoms with E-state index in [1.165, 1.54) is 0 Å². The standard InChI is InChI=1S/C19H18ClN3O2/c1-12-7-8-17(25-3)16(9-12)19(24)21-18-10-13(2)22-23(18)15-6-4-5-14(20)11-15/h4-11H,1-3H3,(H,21,24). The number of methoxy groups -OCH3 is 1. The number of nitrogens with zero attached hydrogens (tertiary/aromatic N) is 2. The first-order valence-electron chi connectivity index (χ1n) is 7.76. The van der Waals surface area contributed by atoms with Crippen LogP contribution in [0.1, 0.15) is 21.6 Å². The average molecular weight is 356 g/mol. The molecule has 25 heavy (non-hydrogen) atoms. The van der Waals surface area contributed by atoms with Gasteiger partial charge in [-0.2, -0.15) is 5.10 Å². The molecule has 0 atom stereocenters. The summed E-state index contributed by atoms with van der Waals surface area (Å²) < 4.78 is 6.95. The number of benzene rings is 2. The number of hydrogen-bond donors (Lipinski definition) is 1. The Balaban J connectivity index is 1.97. The molecule has 0 bridgehead atoms. The molecule has 3 rings (SSSR count). The normalized spacial score (nSPS) is 10.6. The molecule has 1 N–H and O–H groups in total. The van der Waals surface area contributed by atoms with E-state index in [0.717, 1.165) is 16.9 Å². The summed E-state index contributed by atoms with van der Waals surface area (Å²) in [5, 5.41) is 7.95. The van der Waals surface area contributed by atoms with E-state index in [1.807, 2.05) is 32.0 Å². The van der Waals surface area contributed by atoms with Crippen LogP contribution in [0.25, 0.3) is 5.69 Å². The summed E-state index contributed by atoms with van der Waals surface area (Å²) in [7, 11) is 1.54. The molecule has 0 unspecified atom stereocenters. The fraction of sp³-hybridized carbons (Fsp3) is 0.158. The second-order valence-electron chi connectivity index (χ2n) is 5.72. The lowest BCUT2D eigenvalue weighted by molar-refractivity contribution is 0.102. The van der Waals surface area contributed by atoms with Gasteiger partial charge in [0.1, 0.15) is 11.6 Å². The van der Waals surface area contributed by atoms with Gasteiger partial charge in [0.2, 0.25) is 0 Å². The molecule has 1 amide bonds. The number of anilines is 1. The van der Waals surface area contributed by atoms with Gasteiger partial charge in [-0.05, 0) is 44.2 Å².